The zero-order chi connectivity index (χ0) is 32.3. The Bertz CT molecular complexity index is 1420. The molecule has 0 aromatic heterocycles. The minimum Gasteiger partial charge on any atom is -0.391 e. The first-order valence-electron chi connectivity index (χ1n) is 15.0. The fraction of sp³-hybridized carbons (Fsp3) is 0.429. The molecule has 0 radical (unpaired) electrons. The minimum absolute atomic E-state index is 0.0295. The molecule has 1 unspecified atom stereocenters. The number of carbonyl (C=O) groups is 2. The summed E-state index contributed by atoms with van der Waals surface area (Å²) in [6.07, 6.45) is 3.67. The zero-order valence-electron chi connectivity index (χ0n) is 25.7. The molecule has 3 atom stereocenters. The van der Waals surface area contributed by atoms with Crippen LogP contribution in [0.15, 0.2) is 65.8 Å². The predicted octanol–water partition coefficient (Wildman–Crippen LogP) is 4.01. The number of rotatable bonds is 14. The molecule has 0 saturated carbocycles. The molecule has 0 fully saturated rings. The molecule has 1 aliphatic rings. The molecular formula is C35H43F2N3O4. The van der Waals surface area contributed by atoms with Gasteiger partial charge in [0.05, 0.1) is 11.5 Å². The molecule has 0 bridgehead atoms. The first-order valence-corrected chi connectivity index (χ1v) is 15.0. The van der Waals surface area contributed by atoms with E-state index in [0.29, 0.717) is 30.8 Å². The molecule has 236 valence electrons. The van der Waals surface area contributed by atoms with Crippen LogP contribution in [0.5, 0.6) is 0 Å². The number of allylic oxidation sites excluding steroid dienone is 2. The van der Waals surface area contributed by atoms with E-state index in [9.17, 15) is 23.5 Å². The molecule has 2 aromatic rings. The Labute approximate surface area is 258 Å². The van der Waals surface area contributed by atoms with Crippen LogP contribution in [0.25, 0.3) is 0 Å². The number of nitrogens with one attached hydrogen (secondary N) is 1. The number of benzene rings is 2. The van der Waals surface area contributed by atoms with Crippen LogP contribution in [-0.2, 0) is 22.6 Å². The number of amides is 2. The van der Waals surface area contributed by atoms with E-state index >= 15 is 0 Å². The number of nitrogens with zero attached hydrogens (tertiary/aromatic N) is 1. The molecule has 7 nitrogen and oxygen atoms in total. The quantitative estimate of drug-likeness (QED) is 0.242. The maximum Gasteiger partial charge on any atom is 0.249 e. The third kappa shape index (κ3) is 9.08. The third-order valence-corrected chi connectivity index (χ3v) is 7.80. The first kappa shape index (κ1) is 34.6. The Morgan fingerprint density at radius 2 is 1.77 bits per heavy atom. The van der Waals surface area contributed by atoms with Crippen molar-refractivity contribution in [3.8, 4) is 11.8 Å². The van der Waals surface area contributed by atoms with Gasteiger partial charge in [-0.05, 0) is 68.0 Å². The predicted molar refractivity (Wildman–Crippen MR) is 167 cm³/mol. The van der Waals surface area contributed by atoms with Crippen molar-refractivity contribution in [2.24, 2.45) is 17.1 Å². The number of aliphatic hydroxyl groups excluding tert-OH is 2. The molecular weight excluding hydrogens is 564 g/mol. The summed E-state index contributed by atoms with van der Waals surface area (Å²) in [5.74, 6) is 2.07. The van der Waals surface area contributed by atoms with E-state index in [1.54, 1.807) is 24.0 Å². The summed E-state index contributed by atoms with van der Waals surface area (Å²) in [4.78, 5) is 28.8. The highest BCUT2D eigenvalue weighted by molar-refractivity contribution is 5.97. The maximum absolute atomic E-state index is 14.2. The SMILES string of the molecule is CCCN(CCC)C(=O)C1=CC(C)=CC(C(N)=O)([C@H](Cc2cc(F)cc(F)c2)[C@@H](O)CNCc2cccc(C#CCO)c2)C1. The summed E-state index contributed by atoms with van der Waals surface area (Å²) < 4.78 is 28.5. The molecule has 44 heavy (non-hydrogen) atoms. The lowest BCUT2D eigenvalue weighted by molar-refractivity contribution is -0.132. The van der Waals surface area contributed by atoms with Gasteiger partial charge in [-0.2, -0.15) is 0 Å². The van der Waals surface area contributed by atoms with Gasteiger partial charge in [0.15, 0.2) is 0 Å². The minimum atomic E-state index is -1.50. The van der Waals surface area contributed by atoms with Crippen molar-refractivity contribution in [3.05, 3.63) is 94.1 Å². The second-order valence-corrected chi connectivity index (χ2v) is 11.4. The van der Waals surface area contributed by atoms with E-state index in [4.69, 9.17) is 10.8 Å². The number of hydrogen-bond acceptors (Lipinski definition) is 5. The number of aliphatic hydroxyl groups is 2. The van der Waals surface area contributed by atoms with Crippen LogP contribution >= 0.6 is 0 Å². The van der Waals surface area contributed by atoms with Crippen molar-refractivity contribution in [1.29, 1.82) is 0 Å². The van der Waals surface area contributed by atoms with Crippen LogP contribution in [0.1, 0.15) is 56.7 Å². The van der Waals surface area contributed by atoms with E-state index in [0.717, 1.165) is 30.0 Å². The van der Waals surface area contributed by atoms with E-state index in [-0.39, 0.29) is 37.5 Å². The highest BCUT2D eigenvalue weighted by Gasteiger charge is 2.48. The van der Waals surface area contributed by atoms with Crippen molar-refractivity contribution in [2.75, 3.05) is 26.2 Å². The van der Waals surface area contributed by atoms with E-state index in [1.807, 2.05) is 38.1 Å². The lowest BCUT2D eigenvalue weighted by atomic mass is 9.63. The Morgan fingerprint density at radius 1 is 1.09 bits per heavy atom. The second kappa shape index (κ2) is 16.3. The number of halogens is 2. The van der Waals surface area contributed by atoms with E-state index < -0.39 is 35.0 Å². The molecule has 3 rings (SSSR count). The van der Waals surface area contributed by atoms with Crippen molar-refractivity contribution >= 4 is 11.8 Å². The molecule has 0 spiro atoms. The summed E-state index contributed by atoms with van der Waals surface area (Å²) in [6, 6.07) is 10.5. The summed E-state index contributed by atoms with van der Waals surface area (Å²) in [7, 11) is 0. The molecule has 9 heteroatoms. The summed E-state index contributed by atoms with van der Waals surface area (Å²) >= 11 is 0. The topological polar surface area (TPSA) is 116 Å². The van der Waals surface area contributed by atoms with Crippen LogP contribution < -0.4 is 11.1 Å². The highest BCUT2D eigenvalue weighted by atomic mass is 19.1. The fourth-order valence-corrected chi connectivity index (χ4v) is 5.97. The van der Waals surface area contributed by atoms with Gasteiger partial charge in [0, 0.05) is 49.3 Å². The third-order valence-electron chi connectivity index (χ3n) is 7.80. The Balaban J connectivity index is 1.96. The largest absolute Gasteiger partial charge is 0.391 e. The van der Waals surface area contributed by atoms with E-state index in [1.165, 1.54) is 12.1 Å². The van der Waals surface area contributed by atoms with Gasteiger partial charge in [-0.3, -0.25) is 9.59 Å². The van der Waals surface area contributed by atoms with E-state index in [2.05, 4.69) is 17.2 Å². The van der Waals surface area contributed by atoms with Gasteiger partial charge in [0.1, 0.15) is 18.2 Å². The zero-order valence-corrected chi connectivity index (χ0v) is 25.7. The molecule has 0 saturated heterocycles. The van der Waals surface area contributed by atoms with Crippen LogP contribution in [-0.4, -0.2) is 59.3 Å². The Hall–Kier alpha value is -3.84. The Morgan fingerprint density at radius 3 is 2.39 bits per heavy atom. The number of hydrogen-bond donors (Lipinski definition) is 4. The number of primary amides is 1. The fourth-order valence-electron chi connectivity index (χ4n) is 5.97. The van der Waals surface area contributed by atoms with Gasteiger partial charge >= 0.3 is 0 Å². The second-order valence-electron chi connectivity index (χ2n) is 11.4. The van der Waals surface area contributed by atoms with Crippen LogP contribution in [0.2, 0.25) is 0 Å². The standard InChI is InChI=1S/C35H43F2N3O4/c1-4-11-40(12-5-2)33(43)28-14-24(3)20-35(21-28,34(38)44)31(18-27-16-29(36)19-30(37)17-27)32(42)23-39-22-26-9-6-8-25(15-26)10-7-13-41/h6,8-9,14-17,19-20,31-32,39,41-42H,4-5,11-13,18,21-23H2,1-3H3,(H2,38,44)/t31-,32+,35?/m1/s1. The smallest absolute Gasteiger partial charge is 0.249 e. The average molecular weight is 608 g/mol. The number of nitrogens with two attached hydrogens (primary N) is 1. The monoisotopic (exact) mass is 607 g/mol. The van der Waals surface area contributed by atoms with Crippen molar-refractivity contribution < 1.29 is 28.6 Å². The normalized spacial score (nSPS) is 17.5. The van der Waals surface area contributed by atoms with Gasteiger partial charge < -0.3 is 26.2 Å². The lowest BCUT2D eigenvalue weighted by Crippen LogP contribution is -2.51. The first-order chi connectivity index (χ1) is 21.0. The van der Waals surface area contributed by atoms with Gasteiger partial charge in [0.25, 0.3) is 0 Å². The number of carbonyl (C=O) groups excluding carboxylic acids is 2. The van der Waals surface area contributed by atoms with Crippen LogP contribution in [0.3, 0.4) is 0 Å². The highest BCUT2D eigenvalue weighted by Crippen LogP contribution is 2.44. The van der Waals surface area contributed by atoms with Gasteiger partial charge in [0.2, 0.25) is 11.8 Å². The molecule has 2 aromatic carbocycles. The molecule has 5 N–H and O–H groups in total. The summed E-state index contributed by atoms with van der Waals surface area (Å²) in [6.45, 7) is 6.99. The summed E-state index contributed by atoms with van der Waals surface area (Å²) in [5.41, 5.74) is 7.51. The van der Waals surface area contributed by atoms with Crippen molar-refractivity contribution in [1.82, 2.24) is 10.2 Å². The molecule has 0 aliphatic heterocycles. The van der Waals surface area contributed by atoms with Gasteiger partial charge in [-0.1, -0.05) is 55.5 Å². The molecule has 0 heterocycles. The lowest BCUT2D eigenvalue weighted by Gasteiger charge is -2.42. The van der Waals surface area contributed by atoms with Crippen LogP contribution in [0.4, 0.5) is 8.78 Å². The van der Waals surface area contributed by atoms with Crippen molar-refractivity contribution in [3.63, 3.8) is 0 Å². The Kier molecular flexibility index (Phi) is 12.8. The molecule has 1 aliphatic carbocycles. The van der Waals surface area contributed by atoms with Gasteiger partial charge in [-0.15, -0.1) is 0 Å². The average Bonchev–Trinajstić information content (AvgIpc) is 2.97. The van der Waals surface area contributed by atoms with Crippen LogP contribution in [0, 0.1) is 34.8 Å². The van der Waals surface area contributed by atoms with Gasteiger partial charge in [-0.25, -0.2) is 8.78 Å². The maximum atomic E-state index is 14.2. The molecule has 2 amide bonds. The summed E-state index contributed by atoms with van der Waals surface area (Å²) in [5, 5.41) is 23.8. The van der Waals surface area contributed by atoms with Crippen molar-refractivity contribution in [2.45, 2.75) is 59.1 Å².